The topological polar surface area (TPSA) is 15.8 Å². The molecular weight excluding hydrogens is 158 g/mol. The van der Waals surface area contributed by atoms with Crippen LogP contribution in [0.3, 0.4) is 0 Å². The first kappa shape index (κ1) is 8.36. The van der Waals surface area contributed by atoms with Gasteiger partial charge in [0.05, 0.1) is 0 Å². The number of aromatic amines is 1. The molecule has 1 aliphatic rings. The summed E-state index contributed by atoms with van der Waals surface area (Å²) in [6.07, 6.45) is 12.1. The molecule has 13 heavy (non-hydrogen) atoms. The summed E-state index contributed by atoms with van der Waals surface area (Å²) < 4.78 is 0. The molecule has 0 bridgehead atoms. The number of nitrogens with one attached hydrogen (secondary N) is 1. The van der Waals surface area contributed by atoms with E-state index in [1.807, 2.05) is 0 Å². The fourth-order valence-electron chi connectivity index (χ4n) is 1.71. The van der Waals surface area contributed by atoms with Gasteiger partial charge in [-0.1, -0.05) is 25.2 Å². The van der Waals surface area contributed by atoms with Crippen molar-refractivity contribution in [3.63, 3.8) is 0 Å². The Balaban J connectivity index is 2.43. The van der Waals surface area contributed by atoms with Gasteiger partial charge in [0, 0.05) is 11.9 Å². The Labute approximate surface area is 79.2 Å². The molecule has 1 atom stereocenters. The van der Waals surface area contributed by atoms with Crippen molar-refractivity contribution in [1.82, 2.24) is 4.98 Å². The summed E-state index contributed by atoms with van der Waals surface area (Å²) in [6, 6.07) is 0. The van der Waals surface area contributed by atoms with Crippen LogP contribution >= 0.6 is 0 Å². The van der Waals surface area contributed by atoms with Gasteiger partial charge in [0.2, 0.25) is 0 Å². The fraction of sp³-hybridized carbons (Fsp3) is 0.333. The molecule has 0 aromatic carbocycles. The molecule has 1 N–H and O–H groups in total. The van der Waals surface area contributed by atoms with Crippen molar-refractivity contribution in [1.29, 1.82) is 0 Å². The Morgan fingerprint density at radius 1 is 1.38 bits per heavy atom. The van der Waals surface area contributed by atoms with Gasteiger partial charge in [-0.15, -0.1) is 0 Å². The summed E-state index contributed by atoms with van der Waals surface area (Å²) in [5.74, 6) is 0.553. The third-order valence-electron chi connectivity index (χ3n) is 2.57. The Bertz CT molecular complexity index is 355. The third-order valence-corrected chi connectivity index (χ3v) is 2.57. The third kappa shape index (κ3) is 1.59. The van der Waals surface area contributed by atoms with E-state index in [1.165, 1.54) is 16.8 Å². The molecule has 1 unspecified atom stereocenters. The standard InChI is InChI=1S/C12H15N/c1-9-4-3-5-11-10(2)8-13-12(11)7-6-9/h3-4,6-9,13H,5H2,1-2H3/b4-3-,7-6?. The minimum absolute atomic E-state index is 0.553. The molecule has 0 saturated heterocycles. The maximum atomic E-state index is 3.29. The van der Waals surface area contributed by atoms with Gasteiger partial charge in [-0.25, -0.2) is 0 Å². The van der Waals surface area contributed by atoms with Crippen LogP contribution in [0.1, 0.15) is 23.7 Å². The number of fused-ring (bicyclic) bond motifs is 1. The van der Waals surface area contributed by atoms with E-state index in [1.54, 1.807) is 0 Å². The van der Waals surface area contributed by atoms with Crippen LogP contribution in [0.5, 0.6) is 0 Å². The summed E-state index contributed by atoms with van der Waals surface area (Å²) in [6.45, 7) is 4.36. The molecule has 0 fully saturated rings. The summed E-state index contributed by atoms with van der Waals surface area (Å²) >= 11 is 0. The summed E-state index contributed by atoms with van der Waals surface area (Å²) in [5, 5.41) is 0. The smallest absolute Gasteiger partial charge is 0.0415 e. The zero-order chi connectivity index (χ0) is 9.26. The predicted molar refractivity (Wildman–Crippen MR) is 56.6 cm³/mol. The summed E-state index contributed by atoms with van der Waals surface area (Å²) in [4.78, 5) is 3.29. The lowest BCUT2D eigenvalue weighted by molar-refractivity contribution is 0.932. The van der Waals surface area contributed by atoms with Crippen LogP contribution in [0.25, 0.3) is 6.08 Å². The molecular formula is C12H15N. The van der Waals surface area contributed by atoms with Gasteiger partial charge in [-0.2, -0.15) is 0 Å². The minimum Gasteiger partial charge on any atom is -0.361 e. The van der Waals surface area contributed by atoms with Gasteiger partial charge in [0.1, 0.15) is 0 Å². The molecule has 0 amide bonds. The maximum Gasteiger partial charge on any atom is 0.0415 e. The van der Waals surface area contributed by atoms with Crippen LogP contribution in [-0.4, -0.2) is 4.98 Å². The minimum atomic E-state index is 0.553. The lowest BCUT2D eigenvalue weighted by Gasteiger charge is -2.04. The average Bonchev–Trinajstić information content (AvgIpc) is 2.41. The largest absolute Gasteiger partial charge is 0.361 e. The number of H-pyrrole nitrogens is 1. The maximum absolute atomic E-state index is 3.29. The van der Waals surface area contributed by atoms with Crippen molar-refractivity contribution in [3.8, 4) is 0 Å². The van der Waals surface area contributed by atoms with Crippen molar-refractivity contribution in [2.45, 2.75) is 20.3 Å². The molecule has 1 aromatic heterocycles. The second-order valence-electron chi connectivity index (χ2n) is 3.71. The quantitative estimate of drug-likeness (QED) is 0.580. The molecule has 68 valence electrons. The van der Waals surface area contributed by atoms with E-state index in [0.717, 1.165) is 6.42 Å². The zero-order valence-corrected chi connectivity index (χ0v) is 8.17. The highest BCUT2D eigenvalue weighted by Crippen LogP contribution is 2.19. The van der Waals surface area contributed by atoms with Crippen LogP contribution in [0.15, 0.2) is 24.4 Å². The molecule has 1 aromatic rings. The highest BCUT2D eigenvalue weighted by Gasteiger charge is 2.05. The number of allylic oxidation sites excluding steroid dienone is 3. The van der Waals surface area contributed by atoms with Gasteiger partial charge in [-0.3, -0.25) is 0 Å². The van der Waals surface area contributed by atoms with Crippen LogP contribution in [0.4, 0.5) is 0 Å². The Hall–Kier alpha value is -1.24. The van der Waals surface area contributed by atoms with Crippen LogP contribution in [-0.2, 0) is 6.42 Å². The molecule has 2 rings (SSSR count). The second-order valence-corrected chi connectivity index (χ2v) is 3.71. The van der Waals surface area contributed by atoms with Gasteiger partial charge < -0.3 is 4.98 Å². The van der Waals surface area contributed by atoms with E-state index in [9.17, 15) is 0 Å². The van der Waals surface area contributed by atoms with Crippen molar-refractivity contribution >= 4 is 6.08 Å². The molecule has 0 radical (unpaired) electrons. The van der Waals surface area contributed by atoms with Crippen molar-refractivity contribution in [2.24, 2.45) is 5.92 Å². The summed E-state index contributed by atoms with van der Waals surface area (Å²) in [7, 11) is 0. The zero-order valence-electron chi connectivity index (χ0n) is 8.17. The highest BCUT2D eigenvalue weighted by molar-refractivity contribution is 5.54. The fourth-order valence-corrected chi connectivity index (χ4v) is 1.71. The summed E-state index contributed by atoms with van der Waals surface area (Å²) in [5.41, 5.74) is 4.06. The Morgan fingerprint density at radius 2 is 2.23 bits per heavy atom. The van der Waals surface area contributed by atoms with Crippen LogP contribution in [0, 0.1) is 12.8 Å². The molecule has 1 aliphatic carbocycles. The molecule has 1 heteroatoms. The first-order chi connectivity index (χ1) is 6.27. The first-order valence-corrected chi connectivity index (χ1v) is 4.79. The Kier molecular flexibility index (Phi) is 2.09. The number of aromatic nitrogens is 1. The van der Waals surface area contributed by atoms with E-state index >= 15 is 0 Å². The van der Waals surface area contributed by atoms with E-state index in [-0.39, 0.29) is 0 Å². The van der Waals surface area contributed by atoms with Crippen LogP contribution < -0.4 is 0 Å². The van der Waals surface area contributed by atoms with Gasteiger partial charge in [0.15, 0.2) is 0 Å². The van der Waals surface area contributed by atoms with Crippen molar-refractivity contribution in [3.05, 3.63) is 41.2 Å². The van der Waals surface area contributed by atoms with Crippen molar-refractivity contribution < 1.29 is 0 Å². The number of hydrogen-bond acceptors (Lipinski definition) is 0. The number of rotatable bonds is 0. The molecule has 1 heterocycles. The van der Waals surface area contributed by atoms with Crippen molar-refractivity contribution in [2.75, 3.05) is 0 Å². The molecule has 0 saturated carbocycles. The van der Waals surface area contributed by atoms with E-state index in [2.05, 4.69) is 49.3 Å². The number of aryl methyl sites for hydroxylation is 1. The highest BCUT2D eigenvalue weighted by atomic mass is 14.7. The number of hydrogen-bond donors (Lipinski definition) is 1. The van der Waals surface area contributed by atoms with E-state index in [0.29, 0.717) is 5.92 Å². The van der Waals surface area contributed by atoms with E-state index < -0.39 is 0 Å². The average molecular weight is 173 g/mol. The monoisotopic (exact) mass is 173 g/mol. The lowest BCUT2D eigenvalue weighted by atomic mass is 10.0. The molecule has 0 aliphatic heterocycles. The van der Waals surface area contributed by atoms with Gasteiger partial charge in [0.25, 0.3) is 0 Å². The predicted octanol–water partition coefficient (Wildman–Crippen LogP) is 3.08. The SMILES string of the molecule is Cc1c[nH]c2c1C/C=C\C(C)C=C2. The second kappa shape index (κ2) is 3.25. The van der Waals surface area contributed by atoms with E-state index in [4.69, 9.17) is 0 Å². The first-order valence-electron chi connectivity index (χ1n) is 4.79. The van der Waals surface area contributed by atoms with Gasteiger partial charge in [-0.05, 0) is 36.5 Å². The molecule has 0 spiro atoms. The lowest BCUT2D eigenvalue weighted by Crippen LogP contribution is -1.91. The molecule has 1 nitrogen and oxygen atoms in total. The normalized spacial score (nSPS) is 23.4. The Morgan fingerprint density at radius 3 is 3.08 bits per heavy atom. The van der Waals surface area contributed by atoms with Crippen LogP contribution in [0.2, 0.25) is 0 Å². The van der Waals surface area contributed by atoms with Gasteiger partial charge >= 0.3 is 0 Å².